The van der Waals surface area contributed by atoms with Crippen LogP contribution in [0.15, 0.2) is 71.6 Å². The molecule has 120 valence electrons. The fraction of sp³-hybridized carbons (Fsp3) is 0.211. The molecule has 0 radical (unpaired) electrons. The number of rotatable bonds is 7. The molecule has 0 aliphatic heterocycles. The Kier molecular flexibility index (Phi) is 5.99. The van der Waals surface area contributed by atoms with Gasteiger partial charge in [-0.15, -0.1) is 0 Å². The van der Waals surface area contributed by atoms with Gasteiger partial charge in [-0.2, -0.15) is 0 Å². The average molecular weight is 330 g/mol. The lowest BCUT2D eigenvalue weighted by molar-refractivity contribution is -0.121. The highest BCUT2D eigenvalue weighted by molar-refractivity contribution is 7.87. The Morgan fingerprint density at radius 3 is 2.22 bits per heavy atom. The minimum Gasteiger partial charge on any atom is -0.290 e. The van der Waals surface area contributed by atoms with Crippen molar-refractivity contribution in [1.29, 1.82) is 0 Å². The predicted molar refractivity (Wildman–Crippen MR) is 92.1 cm³/mol. The molecule has 0 saturated heterocycles. The standard InChI is InChI=1S/C19H19FO2S/c1-2-15-19(20,23(22)17-11-7-4-8-12-17)18(21)14-13-16-9-5-3-6-10-16/h3-14H,2,15H2,1H3. The Morgan fingerprint density at radius 2 is 1.65 bits per heavy atom. The highest BCUT2D eigenvalue weighted by Gasteiger charge is 2.43. The van der Waals surface area contributed by atoms with Crippen LogP contribution >= 0.6 is 0 Å². The topological polar surface area (TPSA) is 34.1 Å². The van der Waals surface area contributed by atoms with Gasteiger partial charge in [-0.05, 0) is 23.8 Å². The maximum atomic E-state index is 15.3. The minimum atomic E-state index is -2.40. The molecule has 0 aromatic heterocycles. The number of carbonyl (C=O) groups is 1. The van der Waals surface area contributed by atoms with E-state index in [2.05, 4.69) is 0 Å². The van der Waals surface area contributed by atoms with Crippen molar-refractivity contribution in [3.05, 3.63) is 72.3 Å². The quantitative estimate of drug-likeness (QED) is 0.698. The molecule has 0 fully saturated rings. The van der Waals surface area contributed by atoms with Gasteiger partial charge in [0, 0.05) is 11.3 Å². The summed E-state index contributed by atoms with van der Waals surface area (Å²) in [4.78, 5) is 12.7. The number of halogens is 1. The number of allylic oxidation sites excluding steroid dienone is 1. The molecular formula is C19H19FO2S. The molecule has 0 aliphatic rings. The number of benzene rings is 2. The summed E-state index contributed by atoms with van der Waals surface area (Å²) in [6.07, 6.45) is 3.09. The molecule has 4 heteroatoms. The largest absolute Gasteiger partial charge is 0.290 e. The van der Waals surface area contributed by atoms with E-state index >= 15 is 4.39 Å². The first-order valence-corrected chi connectivity index (χ1v) is 8.66. The molecule has 0 aliphatic carbocycles. The summed E-state index contributed by atoms with van der Waals surface area (Å²) >= 11 is 0. The van der Waals surface area contributed by atoms with E-state index in [0.717, 1.165) is 5.56 Å². The monoisotopic (exact) mass is 330 g/mol. The maximum Gasteiger partial charge on any atom is 0.250 e. The van der Waals surface area contributed by atoms with Gasteiger partial charge in [-0.3, -0.25) is 9.00 Å². The van der Waals surface area contributed by atoms with E-state index in [-0.39, 0.29) is 6.42 Å². The van der Waals surface area contributed by atoms with Gasteiger partial charge < -0.3 is 0 Å². The molecule has 2 aromatic rings. The molecule has 2 nitrogen and oxygen atoms in total. The molecule has 0 heterocycles. The highest BCUT2D eigenvalue weighted by Crippen LogP contribution is 2.30. The van der Waals surface area contributed by atoms with E-state index in [1.807, 2.05) is 30.3 Å². The molecule has 2 rings (SSSR count). The van der Waals surface area contributed by atoms with E-state index in [4.69, 9.17) is 0 Å². The van der Waals surface area contributed by atoms with Gasteiger partial charge in [0.25, 0.3) is 5.00 Å². The van der Waals surface area contributed by atoms with Crippen molar-refractivity contribution < 1.29 is 13.4 Å². The highest BCUT2D eigenvalue weighted by atomic mass is 32.2. The first-order chi connectivity index (χ1) is 11.1. The number of carbonyl (C=O) groups excluding carboxylic acids is 1. The Hall–Kier alpha value is -2.07. The van der Waals surface area contributed by atoms with E-state index in [0.29, 0.717) is 11.3 Å². The maximum absolute atomic E-state index is 15.3. The smallest absolute Gasteiger partial charge is 0.250 e. The predicted octanol–water partition coefficient (Wildman–Crippen LogP) is 4.54. The lowest BCUT2D eigenvalue weighted by Gasteiger charge is -2.21. The molecule has 2 aromatic carbocycles. The van der Waals surface area contributed by atoms with Crippen LogP contribution in [0.3, 0.4) is 0 Å². The van der Waals surface area contributed by atoms with Gasteiger partial charge in [0.2, 0.25) is 5.78 Å². The molecule has 2 unspecified atom stereocenters. The van der Waals surface area contributed by atoms with Gasteiger partial charge in [0.15, 0.2) is 0 Å². The lowest BCUT2D eigenvalue weighted by atomic mass is 10.1. The Labute approximate surface area is 138 Å². The molecule has 0 bridgehead atoms. The van der Waals surface area contributed by atoms with Crippen LogP contribution in [-0.2, 0) is 15.6 Å². The van der Waals surface area contributed by atoms with E-state index in [9.17, 15) is 9.00 Å². The Morgan fingerprint density at radius 1 is 1.09 bits per heavy atom. The van der Waals surface area contributed by atoms with Crippen LogP contribution in [0.4, 0.5) is 4.39 Å². The number of ketones is 1. The zero-order chi connectivity index (χ0) is 16.7. The molecule has 0 saturated carbocycles. The van der Waals surface area contributed by atoms with E-state index < -0.39 is 21.6 Å². The Bertz CT molecular complexity index is 698. The summed E-state index contributed by atoms with van der Waals surface area (Å²) in [7, 11) is -2.04. The summed E-state index contributed by atoms with van der Waals surface area (Å²) in [5, 5.41) is -2.40. The number of hydrogen-bond acceptors (Lipinski definition) is 2. The van der Waals surface area contributed by atoms with Crippen molar-refractivity contribution in [1.82, 2.24) is 0 Å². The first-order valence-electron chi connectivity index (χ1n) is 7.51. The Balaban J connectivity index is 2.27. The van der Waals surface area contributed by atoms with Gasteiger partial charge in [0.05, 0.1) is 10.8 Å². The van der Waals surface area contributed by atoms with Crippen LogP contribution < -0.4 is 0 Å². The average Bonchev–Trinajstić information content (AvgIpc) is 2.60. The fourth-order valence-electron chi connectivity index (χ4n) is 2.22. The third-order valence-corrected chi connectivity index (χ3v) is 5.11. The first kappa shape index (κ1) is 17.3. The lowest BCUT2D eigenvalue weighted by Crippen LogP contribution is -2.37. The van der Waals surface area contributed by atoms with Crippen molar-refractivity contribution in [2.24, 2.45) is 0 Å². The van der Waals surface area contributed by atoms with Crippen LogP contribution in [0, 0.1) is 0 Å². The normalized spacial score (nSPS) is 15.2. The van der Waals surface area contributed by atoms with Crippen LogP contribution in [0.25, 0.3) is 6.08 Å². The summed E-state index contributed by atoms with van der Waals surface area (Å²) in [6.45, 7) is 1.77. The van der Waals surface area contributed by atoms with E-state index in [1.165, 1.54) is 6.08 Å². The fourth-order valence-corrected chi connectivity index (χ4v) is 3.64. The minimum absolute atomic E-state index is 0.0769. The summed E-state index contributed by atoms with van der Waals surface area (Å²) in [6, 6.07) is 17.4. The van der Waals surface area contributed by atoms with Crippen molar-refractivity contribution in [3.63, 3.8) is 0 Å². The van der Waals surface area contributed by atoms with Crippen LogP contribution in [0.5, 0.6) is 0 Å². The third kappa shape index (κ3) is 4.23. The third-order valence-electron chi connectivity index (χ3n) is 3.42. The van der Waals surface area contributed by atoms with Crippen LogP contribution in [0.2, 0.25) is 0 Å². The SMILES string of the molecule is CCCC(F)(C(=O)C=Cc1ccccc1)S(=O)c1ccccc1. The second kappa shape index (κ2) is 7.97. The molecule has 23 heavy (non-hydrogen) atoms. The molecular weight excluding hydrogens is 311 g/mol. The number of alkyl halides is 1. The second-order valence-electron chi connectivity index (χ2n) is 5.17. The van der Waals surface area contributed by atoms with Gasteiger partial charge in [-0.25, -0.2) is 4.39 Å². The van der Waals surface area contributed by atoms with Crippen molar-refractivity contribution in [3.8, 4) is 0 Å². The van der Waals surface area contributed by atoms with Gasteiger partial charge >= 0.3 is 0 Å². The molecule has 0 N–H and O–H groups in total. The zero-order valence-corrected chi connectivity index (χ0v) is 13.8. The van der Waals surface area contributed by atoms with Crippen LogP contribution in [-0.4, -0.2) is 15.0 Å². The van der Waals surface area contributed by atoms with Crippen molar-refractivity contribution in [2.45, 2.75) is 29.7 Å². The van der Waals surface area contributed by atoms with Crippen LogP contribution in [0.1, 0.15) is 25.3 Å². The number of hydrogen-bond donors (Lipinski definition) is 0. The van der Waals surface area contributed by atoms with Crippen molar-refractivity contribution in [2.75, 3.05) is 0 Å². The zero-order valence-electron chi connectivity index (χ0n) is 12.9. The molecule has 0 spiro atoms. The summed E-state index contributed by atoms with van der Waals surface area (Å²) < 4.78 is 27.9. The van der Waals surface area contributed by atoms with Gasteiger partial charge in [0.1, 0.15) is 0 Å². The second-order valence-corrected chi connectivity index (χ2v) is 6.82. The van der Waals surface area contributed by atoms with E-state index in [1.54, 1.807) is 43.3 Å². The van der Waals surface area contributed by atoms with Crippen molar-refractivity contribution >= 4 is 22.7 Å². The summed E-state index contributed by atoms with van der Waals surface area (Å²) in [5.74, 6) is -0.759. The molecule has 0 amide bonds. The molecule has 2 atom stereocenters. The van der Waals surface area contributed by atoms with Gasteiger partial charge in [-0.1, -0.05) is 68.0 Å². The summed E-state index contributed by atoms with van der Waals surface area (Å²) in [5.41, 5.74) is 0.796.